The predicted molar refractivity (Wildman–Crippen MR) is 111 cm³/mol. The largest absolute Gasteiger partial charge is 0.329 e. The lowest BCUT2D eigenvalue weighted by atomic mass is 9.76. The molecular weight excluding hydrogens is 348 g/mol. The highest BCUT2D eigenvalue weighted by molar-refractivity contribution is 5.50. The summed E-state index contributed by atoms with van der Waals surface area (Å²) in [5.74, 6) is 0. The number of aromatic amines is 1. The highest BCUT2D eigenvalue weighted by Crippen LogP contribution is 2.39. The number of hydrogen-bond acceptors (Lipinski definition) is 2. The van der Waals surface area contributed by atoms with Gasteiger partial charge in [-0.2, -0.15) is 0 Å². The second-order valence-corrected chi connectivity index (χ2v) is 6.75. The van der Waals surface area contributed by atoms with Crippen molar-refractivity contribution in [3.05, 3.63) is 140 Å². The van der Waals surface area contributed by atoms with Crippen LogP contribution in [0.5, 0.6) is 0 Å². The standard InChI is InChI=1S/C24H20N2O2/c1-18-17-26(23(28)25-22(18)27)24(19-11-5-2-6-12-19,20-13-7-3-8-14-20)21-15-9-4-10-16-21/h2-17H,1H3,(H,25,27,28). The van der Waals surface area contributed by atoms with E-state index in [9.17, 15) is 9.59 Å². The van der Waals surface area contributed by atoms with Gasteiger partial charge in [0.1, 0.15) is 5.54 Å². The van der Waals surface area contributed by atoms with Crippen LogP contribution >= 0.6 is 0 Å². The molecule has 1 N–H and O–H groups in total. The first-order valence-corrected chi connectivity index (χ1v) is 9.13. The second-order valence-electron chi connectivity index (χ2n) is 6.75. The Morgan fingerprint density at radius 3 is 1.46 bits per heavy atom. The molecule has 0 amide bonds. The smallest absolute Gasteiger partial charge is 0.282 e. The average molecular weight is 368 g/mol. The van der Waals surface area contributed by atoms with Crippen molar-refractivity contribution in [3.8, 4) is 0 Å². The van der Waals surface area contributed by atoms with Gasteiger partial charge in [-0.15, -0.1) is 0 Å². The summed E-state index contributed by atoms with van der Waals surface area (Å²) in [6.45, 7) is 1.71. The minimum absolute atomic E-state index is 0.371. The van der Waals surface area contributed by atoms with E-state index in [4.69, 9.17) is 0 Å². The Bertz CT molecular complexity index is 1100. The van der Waals surface area contributed by atoms with Gasteiger partial charge in [-0.05, 0) is 23.6 Å². The Balaban J connectivity index is 2.22. The highest BCUT2D eigenvalue weighted by atomic mass is 16.2. The molecule has 0 fully saturated rings. The second kappa shape index (κ2) is 7.16. The fraction of sp³-hybridized carbons (Fsp3) is 0.0833. The summed E-state index contributed by atoms with van der Waals surface area (Å²) < 4.78 is 1.63. The van der Waals surface area contributed by atoms with Gasteiger partial charge >= 0.3 is 5.69 Å². The normalized spacial score (nSPS) is 11.3. The van der Waals surface area contributed by atoms with E-state index in [1.54, 1.807) is 17.7 Å². The van der Waals surface area contributed by atoms with Crippen molar-refractivity contribution in [1.29, 1.82) is 0 Å². The molecule has 1 heterocycles. The summed E-state index contributed by atoms with van der Waals surface area (Å²) >= 11 is 0. The third-order valence-corrected chi connectivity index (χ3v) is 5.06. The molecule has 0 spiro atoms. The SMILES string of the molecule is Cc1cn(C(c2ccccc2)(c2ccccc2)c2ccccc2)c(=O)[nH]c1=O. The Labute approximate surface area is 162 Å². The van der Waals surface area contributed by atoms with Crippen LogP contribution in [0.4, 0.5) is 0 Å². The number of H-pyrrole nitrogens is 1. The molecule has 0 aliphatic carbocycles. The van der Waals surface area contributed by atoms with Gasteiger partial charge in [-0.3, -0.25) is 14.3 Å². The van der Waals surface area contributed by atoms with Gasteiger partial charge in [-0.1, -0.05) is 91.0 Å². The Morgan fingerprint density at radius 1 is 0.679 bits per heavy atom. The molecule has 4 aromatic rings. The van der Waals surface area contributed by atoms with E-state index >= 15 is 0 Å². The molecule has 4 nitrogen and oxygen atoms in total. The first-order chi connectivity index (χ1) is 13.6. The number of nitrogens with one attached hydrogen (secondary N) is 1. The number of rotatable bonds is 4. The summed E-state index contributed by atoms with van der Waals surface area (Å²) in [4.78, 5) is 27.6. The topological polar surface area (TPSA) is 54.9 Å². The minimum Gasteiger partial charge on any atom is -0.282 e. The van der Waals surface area contributed by atoms with Crippen LogP contribution in [0.15, 0.2) is 107 Å². The highest BCUT2D eigenvalue weighted by Gasteiger charge is 2.39. The van der Waals surface area contributed by atoms with Gasteiger partial charge in [0.2, 0.25) is 0 Å². The fourth-order valence-electron chi connectivity index (χ4n) is 3.77. The number of aryl methyl sites for hydroxylation is 1. The van der Waals surface area contributed by atoms with E-state index in [2.05, 4.69) is 4.98 Å². The number of hydrogen-bond donors (Lipinski definition) is 1. The van der Waals surface area contributed by atoms with Gasteiger partial charge in [0, 0.05) is 11.8 Å². The zero-order valence-corrected chi connectivity index (χ0v) is 15.5. The van der Waals surface area contributed by atoms with Crippen LogP contribution in [0.25, 0.3) is 0 Å². The summed E-state index contributed by atoms with van der Waals surface area (Å²) in [5, 5.41) is 0. The van der Waals surface area contributed by atoms with Crippen molar-refractivity contribution in [3.63, 3.8) is 0 Å². The molecule has 0 saturated heterocycles. The molecular formula is C24H20N2O2. The lowest BCUT2D eigenvalue weighted by Crippen LogP contribution is -2.46. The van der Waals surface area contributed by atoms with Crippen LogP contribution in [-0.2, 0) is 5.54 Å². The van der Waals surface area contributed by atoms with Crippen molar-refractivity contribution in [2.24, 2.45) is 0 Å². The third kappa shape index (κ3) is 2.79. The van der Waals surface area contributed by atoms with E-state index in [0.29, 0.717) is 5.56 Å². The maximum atomic E-state index is 13.1. The van der Waals surface area contributed by atoms with Crippen molar-refractivity contribution in [1.82, 2.24) is 9.55 Å². The van der Waals surface area contributed by atoms with Gasteiger partial charge in [0.25, 0.3) is 5.56 Å². The first-order valence-electron chi connectivity index (χ1n) is 9.13. The molecule has 4 heteroatoms. The van der Waals surface area contributed by atoms with E-state index in [1.165, 1.54) is 0 Å². The molecule has 28 heavy (non-hydrogen) atoms. The van der Waals surface area contributed by atoms with Crippen molar-refractivity contribution < 1.29 is 0 Å². The molecule has 0 atom stereocenters. The van der Waals surface area contributed by atoms with E-state index in [1.807, 2.05) is 91.0 Å². The zero-order valence-electron chi connectivity index (χ0n) is 15.5. The van der Waals surface area contributed by atoms with Gasteiger partial charge in [0.05, 0.1) is 0 Å². The van der Waals surface area contributed by atoms with Gasteiger partial charge < -0.3 is 0 Å². The Kier molecular flexibility index (Phi) is 4.53. The molecule has 3 aromatic carbocycles. The number of nitrogens with zero attached hydrogens (tertiary/aromatic N) is 1. The van der Waals surface area contributed by atoms with Crippen LogP contribution in [0.2, 0.25) is 0 Å². The van der Waals surface area contributed by atoms with Crippen LogP contribution in [0.3, 0.4) is 0 Å². The quantitative estimate of drug-likeness (QED) is 0.559. The molecule has 138 valence electrons. The predicted octanol–water partition coefficient (Wildman–Crippen LogP) is 3.69. The van der Waals surface area contributed by atoms with Crippen LogP contribution in [0, 0.1) is 6.92 Å². The number of benzene rings is 3. The molecule has 1 aromatic heterocycles. The van der Waals surface area contributed by atoms with E-state index in [-0.39, 0.29) is 5.56 Å². The van der Waals surface area contributed by atoms with Gasteiger partial charge in [-0.25, -0.2) is 4.79 Å². The van der Waals surface area contributed by atoms with Gasteiger partial charge in [0.15, 0.2) is 0 Å². The molecule has 0 bridgehead atoms. The third-order valence-electron chi connectivity index (χ3n) is 5.06. The van der Waals surface area contributed by atoms with Crippen molar-refractivity contribution >= 4 is 0 Å². The summed E-state index contributed by atoms with van der Waals surface area (Å²) in [7, 11) is 0. The Hall–Kier alpha value is -3.66. The average Bonchev–Trinajstić information content (AvgIpc) is 2.75. The Morgan fingerprint density at radius 2 is 1.07 bits per heavy atom. The summed E-state index contributed by atoms with van der Waals surface area (Å²) in [5.41, 5.74) is 1.53. The maximum Gasteiger partial charge on any atom is 0.329 e. The lowest BCUT2D eigenvalue weighted by molar-refractivity contribution is 0.483. The van der Waals surface area contributed by atoms with Crippen molar-refractivity contribution in [2.75, 3.05) is 0 Å². The molecule has 0 radical (unpaired) electrons. The van der Waals surface area contributed by atoms with Crippen LogP contribution in [-0.4, -0.2) is 9.55 Å². The summed E-state index contributed by atoms with van der Waals surface area (Å²) in [6.07, 6.45) is 1.65. The summed E-state index contributed by atoms with van der Waals surface area (Å²) in [6, 6.07) is 29.6. The molecule has 0 aliphatic heterocycles. The first kappa shape index (κ1) is 17.7. The molecule has 0 aliphatic rings. The monoisotopic (exact) mass is 368 g/mol. The molecule has 4 rings (SSSR count). The fourth-order valence-corrected chi connectivity index (χ4v) is 3.77. The molecule has 0 unspecified atom stereocenters. The van der Waals surface area contributed by atoms with E-state index in [0.717, 1.165) is 16.7 Å². The minimum atomic E-state index is -0.921. The maximum absolute atomic E-state index is 13.1. The van der Waals surface area contributed by atoms with E-state index < -0.39 is 11.2 Å². The zero-order chi connectivity index (χ0) is 19.6. The van der Waals surface area contributed by atoms with Crippen LogP contribution < -0.4 is 11.2 Å². The lowest BCUT2D eigenvalue weighted by Gasteiger charge is -2.37. The van der Waals surface area contributed by atoms with Crippen LogP contribution in [0.1, 0.15) is 22.3 Å². The van der Waals surface area contributed by atoms with Crippen molar-refractivity contribution in [2.45, 2.75) is 12.5 Å². The number of aromatic nitrogens is 2. The molecule has 0 saturated carbocycles.